The first kappa shape index (κ1) is 15.4. The highest BCUT2D eigenvalue weighted by atomic mass is 16.5. The largest absolute Gasteiger partial charge is 0.465 e. The van der Waals surface area contributed by atoms with Crippen molar-refractivity contribution in [2.75, 3.05) is 19.8 Å². The van der Waals surface area contributed by atoms with Crippen LogP contribution in [0.2, 0.25) is 0 Å². The summed E-state index contributed by atoms with van der Waals surface area (Å²) in [5.74, 6) is -0.157. The van der Waals surface area contributed by atoms with E-state index < -0.39 is 0 Å². The lowest BCUT2D eigenvalue weighted by molar-refractivity contribution is -0.151. The highest BCUT2D eigenvalue weighted by Gasteiger charge is 2.29. The summed E-state index contributed by atoms with van der Waals surface area (Å²) in [6.45, 7) is 5.03. The summed E-state index contributed by atoms with van der Waals surface area (Å²) in [6.07, 6.45) is 6.85. The molecule has 18 heavy (non-hydrogen) atoms. The minimum atomic E-state index is -0.244. The number of nitrogens with zero attached hydrogens (tertiary/aromatic N) is 1. The molecule has 1 saturated carbocycles. The second-order valence-corrected chi connectivity index (χ2v) is 5.10. The average molecular weight is 257 g/mol. The van der Waals surface area contributed by atoms with E-state index in [0.29, 0.717) is 19.2 Å². The molecule has 0 amide bonds. The number of carbonyl (C=O) groups excluding carboxylic acids is 1. The predicted octanol–water partition coefficient (Wildman–Crippen LogP) is 1.96. The Morgan fingerprint density at radius 2 is 2.06 bits per heavy atom. The van der Waals surface area contributed by atoms with Gasteiger partial charge in [-0.1, -0.05) is 26.2 Å². The summed E-state index contributed by atoms with van der Waals surface area (Å²) in [4.78, 5) is 14.0. The Bertz CT molecular complexity index is 239. The third-order valence-electron chi connectivity index (χ3n) is 3.69. The van der Waals surface area contributed by atoms with Gasteiger partial charge in [0.1, 0.15) is 6.04 Å². The van der Waals surface area contributed by atoms with Crippen LogP contribution in [-0.2, 0) is 9.53 Å². The van der Waals surface area contributed by atoms with Gasteiger partial charge in [0.2, 0.25) is 0 Å². The lowest BCUT2D eigenvalue weighted by Gasteiger charge is -2.37. The normalized spacial score (nSPS) is 18.9. The van der Waals surface area contributed by atoms with Gasteiger partial charge in [0, 0.05) is 12.6 Å². The zero-order valence-electron chi connectivity index (χ0n) is 11.7. The van der Waals surface area contributed by atoms with E-state index in [2.05, 4.69) is 4.90 Å². The van der Waals surface area contributed by atoms with Gasteiger partial charge in [-0.2, -0.15) is 0 Å². The minimum absolute atomic E-state index is 0.0991. The van der Waals surface area contributed by atoms with Crippen molar-refractivity contribution in [2.45, 2.75) is 64.5 Å². The fraction of sp³-hybridized carbons (Fsp3) is 0.929. The highest BCUT2D eigenvalue weighted by Crippen LogP contribution is 2.24. The molecular formula is C14H27NO3. The van der Waals surface area contributed by atoms with Gasteiger partial charge >= 0.3 is 5.97 Å². The van der Waals surface area contributed by atoms with E-state index in [0.717, 1.165) is 19.3 Å². The van der Waals surface area contributed by atoms with Gasteiger partial charge in [-0.3, -0.25) is 9.69 Å². The Balaban J connectivity index is 2.55. The van der Waals surface area contributed by atoms with Gasteiger partial charge in [-0.05, 0) is 26.2 Å². The standard InChI is InChI=1S/C14H27NO3/c1-3-11-18-14(17)12(2)15(9-10-16)13-7-5-4-6-8-13/h12-13,16H,3-11H2,1-2H3. The molecule has 1 aliphatic rings. The van der Waals surface area contributed by atoms with Crippen LogP contribution >= 0.6 is 0 Å². The smallest absolute Gasteiger partial charge is 0.323 e. The van der Waals surface area contributed by atoms with Crippen molar-refractivity contribution in [3.63, 3.8) is 0 Å². The van der Waals surface area contributed by atoms with Crippen LogP contribution in [0.3, 0.4) is 0 Å². The summed E-state index contributed by atoms with van der Waals surface area (Å²) in [7, 11) is 0. The van der Waals surface area contributed by atoms with Crippen molar-refractivity contribution in [3.05, 3.63) is 0 Å². The number of carbonyl (C=O) groups is 1. The maximum Gasteiger partial charge on any atom is 0.323 e. The molecule has 106 valence electrons. The third kappa shape index (κ3) is 4.58. The van der Waals surface area contributed by atoms with Gasteiger partial charge < -0.3 is 9.84 Å². The van der Waals surface area contributed by atoms with Gasteiger partial charge in [0.05, 0.1) is 13.2 Å². The lowest BCUT2D eigenvalue weighted by atomic mass is 9.93. The molecule has 0 radical (unpaired) electrons. The molecule has 1 fully saturated rings. The summed E-state index contributed by atoms with van der Waals surface area (Å²) in [6, 6.07) is 0.182. The van der Waals surface area contributed by atoms with E-state index in [-0.39, 0.29) is 18.6 Å². The third-order valence-corrected chi connectivity index (χ3v) is 3.69. The second-order valence-electron chi connectivity index (χ2n) is 5.10. The van der Waals surface area contributed by atoms with Crippen LogP contribution < -0.4 is 0 Å². The number of hydrogen-bond donors (Lipinski definition) is 1. The summed E-state index contributed by atoms with van der Waals surface area (Å²) in [5, 5.41) is 9.18. The van der Waals surface area contributed by atoms with Crippen molar-refractivity contribution in [1.29, 1.82) is 0 Å². The van der Waals surface area contributed by atoms with Gasteiger partial charge in [-0.15, -0.1) is 0 Å². The molecular weight excluding hydrogens is 230 g/mol. The van der Waals surface area contributed by atoms with E-state index in [9.17, 15) is 9.90 Å². The maximum absolute atomic E-state index is 11.9. The topological polar surface area (TPSA) is 49.8 Å². The van der Waals surface area contributed by atoms with Crippen LogP contribution in [0.25, 0.3) is 0 Å². The zero-order chi connectivity index (χ0) is 13.4. The number of aliphatic hydroxyl groups excluding tert-OH is 1. The highest BCUT2D eigenvalue weighted by molar-refractivity contribution is 5.75. The Kier molecular flexibility index (Phi) is 7.28. The number of rotatable bonds is 7. The first-order valence-corrected chi connectivity index (χ1v) is 7.24. The van der Waals surface area contributed by atoms with Crippen LogP contribution in [0, 0.1) is 0 Å². The molecule has 0 spiro atoms. The Hall–Kier alpha value is -0.610. The summed E-state index contributed by atoms with van der Waals surface area (Å²) >= 11 is 0. The number of ether oxygens (including phenoxy) is 1. The fourth-order valence-electron chi connectivity index (χ4n) is 2.68. The molecule has 4 nitrogen and oxygen atoms in total. The van der Waals surface area contributed by atoms with Gasteiger partial charge in [0.25, 0.3) is 0 Å². The van der Waals surface area contributed by atoms with Crippen LogP contribution in [0.1, 0.15) is 52.4 Å². The molecule has 0 aromatic rings. The summed E-state index contributed by atoms with van der Waals surface area (Å²) in [5.41, 5.74) is 0. The Morgan fingerprint density at radius 1 is 1.39 bits per heavy atom. The molecule has 0 aromatic carbocycles. The molecule has 0 aromatic heterocycles. The van der Waals surface area contributed by atoms with E-state index in [4.69, 9.17) is 4.74 Å². The van der Waals surface area contributed by atoms with Crippen molar-refractivity contribution >= 4 is 5.97 Å². The van der Waals surface area contributed by atoms with Gasteiger partial charge in [0.15, 0.2) is 0 Å². The van der Waals surface area contributed by atoms with Crippen molar-refractivity contribution in [3.8, 4) is 0 Å². The minimum Gasteiger partial charge on any atom is -0.465 e. The maximum atomic E-state index is 11.9. The van der Waals surface area contributed by atoms with E-state index in [1.54, 1.807) is 0 Å². The first-order chi connectivity index (χ1) is 8.70. The molecule has 1 atom stereocenters. The van der Waals surface area contributed by atoms with Crippen LogP contribution in [0.5, 0.6) is 0 Å². The molecule has 0 saturated heterocycles. The average Bonchev–Trinajstić information content (AvgIpc) is 2.42. The first-order valence-electron chi connectivity index (χ1n) is 7.24. The molecule has 0 aliphatic heterocycles. The Labute approximate surface area is 110 Å². The number of esters is 1. The monoisotopic (exact) mass is 257 g/mol. The lowest BCUT2D eigenvalue weighted by Crippen LogP contribution is -2.48. The Morgan fingerprint density at radius 3 is 2.61 bits per heavy atom. The number of hydrogen-bond acceptors (Lipinski definition) is 4. The van der Waals surface area contributed by atoms with Crippen molar-refractivity contribution in [1.82, 2.24) is 4.90 Å². The van der Waals surface area contributed by atoms with E-state index >= 15 is 0 Å². The molecule has 1 aliphatic carbocycles. The van der Waals surface area contributed by atoms with Crippen LogP contribution in [0.15, 0.2) is 0 Å². The van der Waals surface area contributed by atoms with E-state index in [1.165, 1.54) is 19.3 Å². The fourth-order valence-corrected chi connectivity index (χ4v) is 2.68. The quantitative estimate of drug-likeness (QED) is 0.708. The molecule has 0 heterocycles. The predicted molar refractivity (Wildman–Crippen MR) is 71.4 cm³/mol. The molecule has 0 bridgehead atoms. The molecule has 1 N–H and O–H groups in total. The molecule has 4 heteroatoms. The van der Waals surface area contributed by atoms with Crippen molar-refractivity contribution in [2.24, 2.45) is 0 Å². The van der Waals surface area contributed by atoms with Crippen molar-refractivity contribution < 1.29 is 14.6 Å². The van der Waals surface area contributed by atoms with Crippen LogP contribution in [0.4, 0.5) is 0 Å². The van der Waals surface area contributed by atoms with Gasteiger partial charge in [-0.25, -0.2) is 0 Å². The summed E-state index contributed by atoms with van der Waals surface area (Å²) < 4.78 is 5.21. The molecule has 1 rings (SSSR count). The SMILES string of the molecule is CCCOC(=O)C(C)N(CCO)C1CCCCC1. The number of aliphatic hydroxyl groups is 1. The van der Waals surface area contributed by atoms with Crippen LogP contribution in [-0.4, -0.2) is 47.8 Å². The van der Waals surface area contributed by atoms with E-state index in [1.807, 2.05) is 13.8 Å². The zero-order valence-corrected chi connectivity index (χ0v) is 11.7. The molecule has 1 unspecified atom stereocenters. The second kappa shape index (κ2) is 8.48.